The quantitative estimate of drug-likeness (QED) is 0.881. The molecule has 0 saturated heterocycles. The number of nitrogens with zero attached hydrogens (tertiary/aromatic N) is 2. The molecule has 0 saturated carbocycles. The number of likely N-dealkylation sites (N-methyl/N-ethyl adjacent to an activating group) is 1. The first-order chi connectivity index (χ1) is 11.0. The Morgan fingerprint density at radius 3 is 2.65 bits per heavy atom. The Labute approximate surface area is 140 Å². The van der Waals surface area contributed by atoms with Crippen LogP contribution < -0.4 is 5.32 Å². The molecule has 0 aliphatic rings. The van der Waals surface area contributed by atoms with Gasteiger partial charge in [0.2, 0.25) is 5.91 Å². The molecule has 1 aromatic heterocycles. The van der Waals surface area contributed by atoms with Gasteiger partial charge in [-0.05, 0) is 30.6 Å². The zero-order chi connectivity index (χ0) is 16.8. The Bertz CT molecular complexity index is 703. The topological polar surface area (TPSA) is 62.3 Å². The first-order valence-corrected chi connectivity index (χ1v) is 8.79. The van der Waals surface area contributed by atoms with Crippen LogP contribution in [0.1, 0.15) is 16.9 Å². The van der Waals surface area contributed by atoms with E-state index in [-0.39, 0.29) is 11.8 Å². The smallest absolute Gasteiger partial charge is 0.270 e. The number of thioether (sulfide) groups is 1. The average Bonchev–Trinajstić information content (AvgIpc) is 2.57. The van der Waals surface area contributed by atoms with E-state index in [9.17, 15) is 9.59 Å². The number of carbonyl (C=O) groups excluding carboxylic acids is 2. The van der Waals surface area contributed by atoms with E-state index < -0.39 is 6.04 Å². The largest absolute Gasteiger partial charge is 0.347 e. The number of hydrogen-bond acceptors (Lipinski definition) is 4. The van der Waals surface area contributed by atoms with Gasteiger partial charge in [0.15, 0.2) is 0 Å². The Balaban J connectivity index is 2.17. The Morgan fingerprint density at radius 2 is 1.96 bits per heavy atom. The lowest BCUT2D eigenvalue weighted by atomic mass is 10.1. The molecule has 0 unspecified atom stereocenters. The highest BCUT2D eigenvalue weighted by Crippen LogP contribution is 2.12. The van der Waals surface area contributed by atoms with Crippen LogP contribution in [0.25, 0.3) is 10.9 Å². The molecule has 2 rings (SSSR count). The summed E-state index contributed by atoms with van der Waals surface area (Å²) in [5.41, 5.74) is 1.09. The highest BCUT2D eigenvalue weighted by molar-refractivity contribution is 7.98. The van der Waals surface area contributed by atoms with Gasteiger partial charge >= 0.3 is 0 Å². The molecule has 2 aromatic rings. The number of carbonyl (C=O) groups is 2. The van der Waals surface area contributed by atoms with E-state index in [4.69, 9.17) is 0 Å². The van der Waals surface area contributed by atoms with Crippen molar-refractivity contribution in [2.45, 2.75) is 12.5 Å². The lowest BCUT2D eigenvalue weighted by Gasteiger charge is -2.21. The highest BCUT2D eigenvalue weighted by Gasteiger charge is 2.23. The zero-order valence-electron chi connectivity index (χ0n) is 13.6. The second-order valence-electron chi connectivity index (χ2n) is 5.43. The monoisotopic (exact) mass is 331 g/mol. The van der Waals surface area contributed by atoms with Crippen LogP contribution in [0.3, 0.4) is 0 Å². The van der Waals surface area contributed by atoms with Crippen LogP contribution in [0.15, 0.2) is 36.4 Å². The van der Waals surface area contributed by atoms with Crippen molar-refractivity contribution in [3.63, 3.8) is 0 Å². The van der Waals surface area contributed by atoms with E-state index in [1.54, 1.807) is 31.9 Å². The van der Waals surface area contributed by atoms with E-state index in [2.05, 4.69) is 10.3 Å². The summed E-state index contributed by atoms with van der Waals surface area (Å²) in [6.45, 7) is 0. The van der Waals surface area contributed by atoms with Gasteiger partial charge < -0.3 is 10.2 Å². The van der Waals surface area contributed by atoms with Gasteiger partial charge in [0.05, 0.1) is 5.52 Å². The summed E-state index contributed by atoms with van der Waals surface area (Å²) in [6, 6.07) is 10.6. The molecule has 0 aliphatic heterocycles. The van der Waals surface area contributed by atoms with E-state index in [1.165, 1.54) is 4.90 Å². The maximum atomic E-state index is 12.4. The third-order valence-corrected chi connectivity index (χ3v) is 4.13. The Hall–Kier alpha value is -2.08. The fraction of sp³-hybridized carbons (Fsp3) is 0.353. The molecular formula is C17H21N3O2S. The number of rotatable bonds is 6. The van der Waals surface area contributed by atoms with Crippen molar-refractivity contribution in [1.29, 1.82) is 0 Å². The molecule has 2 amide bonds. The zero-order valence-corrected chi connectivity index (χ0v) is 14.4. The maximum Gasteiger partial charge on any atom is 0.270 e. The predicted molar refractivity (Wildman–Crippen MR) is 94.7 cm³/mol. The molecule has 1 atom stereocenters. The number of para-hydroxylation sites is 1. The van der Waals surface area contributed by atoms with Crippen LogP contribution in [0.5, 0.6) is 0 Å². The lowest BCUT2D eigenvalue weighted by molar-refractivity contribution is -0.130. The van der Waals surface area contributed by atoms with Gasteiger partial charge in [-0.2, -0.15) is 11.8 Å². The van der Waals surface area contributed by atoms with Crippen molar-refractivity contribution >= 4 is 34.5 Å². The minimum Gasteiger partial charge on any atom is -0.347 e. The summed E-state index contributed by atoms with van der Waals surface area (Å²) in [5, 5.41) is 3.79. The van der Waals surface area contributed by atoms with Crippen molar-refractivity contribution in [2.75, 3.05) is 26.1 Å². The van der Waals surface area contributed by atoms with Crippen molar-refractivity contribution in [3.8, 4) is 0 Å². The SMILES string of the molecule is CSCC[C@@H](NC(=O)c1ccc2ccccc2n1)C(=O)N(C)C. The predicted octanol–water partition coefficient (Wildman–Crippen LogP) is 2.17. The maximum absolute atomic E-state index is 12.4. The Kier molecular flexibility index (Phi) is 5.98. The standard InChI is InChI=1S/C17H21N3O2S/c1-20(2)17(22)15(10-11-23-3)19-16(21)14-9-8-12-6-4-5-7-13(12)18-14/h4-9,15H,10-11H2,1-3H3,(H,19,21)/t15-/m1/s1. The van der Waals surface area contributed by atoms with Crippen molar-refractivity contribution in [3.05, 3.63) is 42.1 Å². The second kappa shape index (κ2) is 7.97. The number of pyridine rings is 1. The first kappa shape index (κ1) is 17.3. The van der Waals surface area contributed by atoms with Crippen LogP contribution >= 0.6 is 11.8 Å². The molecule has 1 aromatic carbocycles. The highest BCUT2D eigenvalue weighted by atomic mass is 32.2. The van der Waals surface area contributed by atoms with Gasteiger partial charge in [0.1, 0.15) is 11.7 Å². The molecule has 0 bridgehead atoms. The number of fused-ring (bicyclic) bond motifs is 1. The number of hydrogen-bond donors (Lipinski definition) is 1. The summed E-state index contributed by atoms with van der Waals surface area (Å²) in [7, 11) is 3.38. The molecule has 0 aliphatic carbocycles. The van der Waals surface area contributed by atoms with Gasteiger partial charge in [0.25, 0.3) is 5.91 Å². The van der Waals surface area contributed by atoms with Gasteiger partial charge in [-0.15, -0.1) is 0 Å². The summed E-state index contributed by atoms with van der Waals surface area (Å²) in [4.78, 5) is 30.5. The normalized spacial score (nSPS) is 12.0. The third kappa shape index (κ3) is 4.45. The fourth-order valence-electron chi connectivity index (χ4n) is 2.23. The number of nitrogens with one attached hydrogen (secondary N) is 1. The second-order valence-corrected chi connectivity index (χ2v) is 6.41. The van der Waals surface area contributed by atoms with Crippen molar-refractivity contribution in [2.24, 2.45) is 0 Å². The Morgan fingerprint density at radius 1 is 1.22 bits per heavy atom. The van der Waals surface area contributed by atoms with E-state index in [1.807, 2.05) is 36.6 Å². The number of benzene rings is 1. The van der Waals surface area contributed by atoms with Gasteiger partial charge in [-0.1, -0.05) is 24.3 Å². The first-order valence-electron chi connectivity index (χ1n) is 7.39. The van der Waals surface area contributed by atoms with Crippen LogP contribution in [0.4, 0.5) is 0 Å². The number of aromatic nitrogens is 1. The summed E-state index contributed by atoms with van der Waals surface area (Å²) in [5.74, 6) is 0.376. The molecular weight excluding hydrogens is 310 g/mol. The van der Waals surface area contributed by atoms with Crippen LogP contribution in [-0.2, 0) is 4.79 Å². The third-order valence-electron chi connectivity index (χ3n) is 3.49. The molecule has 0 fully saturated rings. The summed E-state index contributed by atoms with van der Waals surface area (Å²) in [6.07, 6.45) is 2.57. The average molecular weight is 331 g/mol. The van der Waals surface area contributed by atoms with Crippen LogP contribution in [-0.4, -0.2) is 53.8 Å². The summed E-state index contributed by atoms with van der Waals surface area (Å²) < 4.78 is 0. The fourth-order valence-corrected chi connectivity index (χ4v) is 2.70. The van der Waals surface area contributed by atoms with E-state index >= 15 is 0 Å². The molecule has 1 heterocycles. The van der Waals surface area contributed by atoms with Crippen LogP contribution in [0.2, 0.25) is 0 Å². The molecule has 0 spiro atoms. The van der Waals surface area contributed by atoms with E-state index in [0.29, 0.717) is 12.1 Å². The molecule has 5 nitrogen and oxygen atoms in total. The van der Waals surface area contributed by atoms with E-state index in [0.717, 1.165) is 16.7 Å². The molecule has 1 N–H and O–H groups in total. The van der Waals surface area contributed by atoms with Gasteiger partial charge in [-0.25, -0.2) is 4.98 Å². The molecule has 122 valence electrons. The van der Waals surface area contributed by atoms with Gasteiger partial charge in [0, 0.05) is 19.5 Å². The van der Waals surface area contributed by atoms with Gasteiger partial charge in [-0.3, -0.25) is 9.59 Å². The molecule has 23 heavy (non-hydrogen) atoms. The minimum absolute atomic E-state index is 0.104. The summed E-state index contributed by atoms with van der Waals surface area (Å²) >= 11 is 1.65. The molecule has 0 radical (unpaired) electrons. The minimum atomic E-state index is -0.529. The number of amides is 2. The lowest BCUT2D eigenvalue weighted by Crippen LogP contribution is -2.46. The van der Waals surface area contributed by atoms with Crippen LogP contribution in [0, 0.1) is 0 Å². The van der Waals surface area contributed by atoms with Crippen molar-refractivity contribution < 1.29 is 9.59 Å². The molecule has 6 heteroatoms. The van der Waals surface area contributed by atoms with Crippen molar-refractivity contribution in [1.82, 2.24) is 15.2 Å².